The quantitative estimate of drug-likeness (QED) is 0.691. The molecule has 5 heteroatoms. The van der Waals surface area contributed by atoms with Crippen LogP contribution in [0, 0.1) is 5.92 Å². The van der Waals surface area contributed by atoms with Gasteiger partial charge in [0.2, 0.25) is 0 Å². The van der Waals surface area contributed by atoms with Crippen molar-refractivity contribution >= 4 is 11.6 Å². The van der Waals surface area contributed by atoms with Gasteiger partial charge in [-0.15, -0.1) is 0 Å². The average Bonchev–Trinajstić information content (AvgIpc) is 2.35. The third-order valence-corrected chi connectivity index (χ3v) is 2.76. The number of aliphatic hydroxyl groups excluding tert-OH is 1. The summed E-state index contributed by atoms with van der Waals surface area (Å²) in [5.74, 6) is 2.62. The summed E-state index contributed by atoms with van der Waals surface area (Å²) in [5, 5.41) is 15.9. The number of hydrogen-bond acceptors (Lipinski definition) is 5. The maximum absolute atomic E-state index is 9.77. The predicted molar refractivity (Wildman–Crippen MR) is 74.9 cm³/mol. The second-order valence-corrected chi connectivity index (χ2v) is 4.75. The third kappa shape index (κ3) is 4.49. The van der Waals surface area contributed by atoms with E-state index >= 15 is 0 Å². The van der Waals surface area contributed by atoms with Crippen molar-refractivity contribution in [2.45, 2.75) is 39.7 Å². The van der Waals surface area contributed by atoms with Crippen molar-refractivity contribution in [1.29, 1.82) is 0 Å². The van der Waals surface area contributed by atoms with Gasteiger partial charge < -0.3 is 15.7 Å². The molecule has 0 saturated carbocycles. The van der Waals surface area contributed by atoms with E-state index in [1.165, 1.54) is 0 Å². The largest absolute Gasteiger partial charge is 0.391 e. The fourth-order valence-electron chi connectivity index (χ4n) is 1.50. The molecular formula is C13H24N4O. The standard InChI is InChI=1S/C13H24N4O/c1-5-6-11-16-12(14-4)7-13(17-11)15-8-10(18)9(2)3/h7,9-10,18H,5-6,8H2,1-4H3,(H2,14,15,16,17). The molecule has 0 aromatic carbocycles. The number of aliphatic hydroxyl groups is 1. The van der Waals surface area contributed by atoms with Gasteiger partial charge in [0.1, 0.15) is 17.5 Å². The molecule has 18 heavy (non-hydrogen) atoms. The number of nitrogens with zero attached hydrogens (tertiary/aromatic N) is 2. The van der Waals surface area contributed by atoms with Gasteiger partial charge in [-0.3, -0.25) is 0 Å². The van der Waals surface area contributed by atoms with Crippen molar-refractivity contribution in [2.24, 2.45) is 5.92 Å². The second kappa shape index (κ2) is 7.16. The molecule has 1 heterocycles. The van der Waals surface area contributed by atoms with Crippen molar-refractivity contribution < 1.29 is 5.11 Å². The SMILES string of the molecule is CCCc1nc(NC)cc(NCC(O)C(C)C)n1. The minimum Gasteiger partial charge on any atom is -0.391 e. The van der Waals surface area contributed by atoms with Crippen LogP contribution in [0.1, 0.15) is 33.0 Å². The first-order valence-corrected chi connectivity index (χ1v) is 6.54. The van der Waals surface area contributed by atoms with Crippen LogP contribution in [0.15, 0.2) is 6.07 Å². The molecule has 1 aromatic rings. The second-order valence-electron chi connectivity index (χ2n) is 4.75. The Hall–Kier alpha value is -1.36. The molecule has 0 fully saturated rings. The Morgan fingerprint density at radius 2 is 1.94 bits per heavy atom. The molecule has 0 bridgehead atoms. The fourth-order valence-corrected chi connectivity index (χ4v) is 1.50. The van der Waals surface area contributed by atoms with Crippen molar-refractivity contribution in [3.8, 4) is 0 Å². The minimum atomic E-state index is -0.368. The summed E-state index contributed by atoms with van der Waals surface area (Å²) in [6.07, 6.45) is 1.51. The van der Waals surface area contributed by atoms with Gasteiger partial charge in [0, 0.05) is 26.1 Å². The van der Waals surface area contributed by atoms with Crippen LogP contribution in [-0.4, -0.2) is 34.8 Å². The highest BCUT2D eigenvalue weighted by Gasteiger charge is 2.10. The normalized spacial score (nSPS) is 12.6. The topological polar surface area (TPSA) is 70.1 Å². The number of hydrogen-bond donors (Lipinski definition) is 3. The number of aryl methyl sites for hydroxylation is 1. The van der Waals surface area contributed by atoms with E-state index in [0.29, 0.717) is 6.54 Å². The molecule has 0 aliphatic heterocycles. The molecule has 1 atom stereocenters. The molecule has 0 spiro atoms. The van der Waals surface area contributed by atoms with E-state index in [0.717, 1.165) is 30.3 Å². The molecule has 0 aliphatic rings. The van der Waals surface area contributed by atoms with Gasteiger partial charge in [-0.2, -0.15) is 0 Å². The molecule has 5 nitrogen and oxygen atoms in total. The van der Waals surface area contributed by atoms with Crippen molar-refractivity contribution in [3.05, 3.63) is 11.9 Å². The number of aromatic nitrogens is 2. The van der Waals surface area contributed by atoms with E-state index in [1.807, 2.05) is 27.0 Å². The lowest BCUT2D eigenvalue weighted by molar-refractivity contribution is 0.138. The Morgan fingerprint density at radius 1 is 1.28 bits per heavy atom. The monoisotopic (exact) mass is 252 g/mol. The van der Waals surface area contributed by atoms with Gasteiger partial charge in [-0.1, -0.05) is 20.8 Å². The molecular weight excluding hydrogens is 228 g/mol. The molecule has 1 rings (SSSR count). The first-order chi connectivity index (χ1) is 8.56. The van der Waals surface area contributed by atoms with Gasteiger partial charge in [0.05, 0.1) is 6.10 Å². The highest BCUT2D eigenvalue weighted by Crippen LogP contribution is 2.12. The summed E-state index contributed by atoms with van der Waals surface area (Å²) in [7, 11) is 1.84. The zero-order valence-corrected chi connectivity index (χ0v) is 11.7. The van der Waals surface area contributed by atoms with Gasteiger partial charge >= 0.3 is 0 Å². The molecule has 0 amide bonds. The van der Waals surface area contributed by atoms with Crippen molar-refractivity contribution in [1.82, 2.24) is 9.97 Å². The van der Waals surface area contributed by atoms with Crippen LogP contribution in [0.4, 0.5) is 11.6 Å². The molecule has 3 N–H and O–H groups in total. The van der Waals surface area contributed by atoms with Gasteiger partial charge in [-0.25, -0.2) is 9.97 Å². The Labute approximate surface area is 109 Å². The number of nitrogens with one attached hydrogen (secondary N) is 2. The van der Waals surface area contributed by atoms with Crippen LogP contribution < -0.4 is 10.6 Å². The number of rotatable bonds is 7. The van der Waals surface area contributed by atoms with Crippen LogP contribution in [0.3, 0.4) is 0 Å². The zero-order valence-electron chi connectivity index (χ0n) is 11.7. The predicted octanol–water partition coefficient (Wildman–Crippen LogP) is 1.90. The highest BCUT2D eigenvalue weighted by atomic mass is 16.3. The smallest absolute Gasteiger partial charge is 0.133 e. The summed E-state index contributed by atoms with van der Waals surface area (Å²) >= 11 is 0. The summed E-state index contributed by atoms with van der Waals surface area (Å²) in [6.45, 7) is 6.59. The Bertz CT molecular complexity index is 368. The average molecular weight is 252 g/mol. The van der Waals surface area contributed by atoms with Crippen LogP contribution in [0.25, 0.3) is 0 Å². The van der Waals surface area contributed by atoms with E-state index in [-0.39, 0.29) is 12.0 Å². The highest BCUT2D eigenvalue weighted by molar-refractivity contribution is 5.47. The van der Waals surface area contributed by atoms with Crippen LogP contribution in [-0.2, 0) is 6.42 Å². The Morgan fingerprint density at radius 3 is 2.50 bits per heavy atom. The molecule has 1 aromatic heterocycles. The van der Waals surface area contributed by atoms with Gasteiger partial charge in [-0.05, 0) is 12.3 Å². The van der Waals surface area contributed by atoms with E-state index in [1.54, 1.807) is 0 Å². The third-order valence-electron chi connectivity index (χ3n) is 2.76. The lowest BCUT2D eigenvalue weighted by atomic mass is 10.1. The molecule has 0 saturated heterocycles. The maximum Gasteiger partial charge on any atom is 0.133 e. The molecule has 102 valence electrons. The van der Waals surface area contributed by atoms with Gasteiger partial charge in [0.15, 0.2) is 0 Å². The zero-order chi connectivity index (χ0) is 13.5. The minimum absolute atomic E-state index is 0.234. The maximum atomic E-state index is 9.77. The van der Waals surface area contributed by atoms with Crippen LogP contribution >= 0.6 is 0 Å². The summed E-state index contributed by atoms with van der Waals surface area (Å²) < 4.78 is 0. The molecule has 0 aliphatic carbocycles. The summed E-state index contributed by atoms with van der Waals surface area (Å²) in [6, 6.07) is 1.85. The van der Waals surface area contributed by atoms with E-state index in [2.05, 4.69) is 27.5 Å². The fraction of sp³-hybridized carbons (Fsp3) is 0.692. The summed E-state index contributed by atoms with van der Waals surface area (Å²) in [5.41, 5.74) is 0. The summed E-state index contributed by atoms with van der Waals surface area (Å²) in [4.78, 5) is 8.81. The molecule has 0 radical (unpaired) electrons. The van der Waals surface area contributed by atoms with Gasteiger partial charge in [0.25, 0.3) is 0 Å². The lowest BCUT2D eigenvalue weighted by Crippen LogP contribution is -2.25. The first-order valence-electron chi connectivity index (χ1n) is 6.54. The lowest BCUT2D eigenvalue weighted by Gasteiger charge is -2.16. The Balaban J connectivity index is 2.71. The van der Waals surface area contributed by atoms with Crippen LogP contribution in [0.2, 0.25) is 0 Å². The van der Waals surface area contributed by atoms with Crippen molar-refractivity contribution in [2.75, 3.05) is 24.2 Å². The van der Waals surface area contributed by atoms with E-state index in [9.17, 15) is 5.11 Å². The van der Waals surface area contributed by atoms with E-state index < -0.39 is 0 Å². The Kier molecular flexibility index (Phi) is 5.85. The van der Waals surface area contributed by atoms with E-state index in [4.69, 9.17) is 0 Å². The number of anilines is 2. The molecule has 1 unspecified atom stereocenters. The van der Waals surface area contributed by atoms with Crippen molar-refractivity contribution in [3.63, 3.8) is 0 Å². The van der Waals surface area contributed by atoms with Crippen LogP contribution in [0.5, 0.6) is 0 Å². The first kappa shape index (κ1) is 14.7.